The zero-order valence-electron chi connectivity index (χ0n) is 14.2. The number of rotatable bonds is 6. The van der Waals surface area contributed by atoms with Crippen molar-refractivity contribution in [2.75, 3.05) is 19.6 Å². The van der Waals surface area contributed by atoms with Crippen LogP contribution < -0.4 is 0 Å². The van der Waals surface area contributed by atoms with Gasteiger partial charge in [0.15, 0.2) is 0 Å². The Labute approximate surface area is 136 Å². The topological polar surface area (TPSA) is 72.0 Å². The molecule has 3 rings (SSSR count). The Hall–Kier alpha value is -1.73. The first-order chi connectivity index (χ1) is 11.0. The molecule has 2 aromatic heterocycles. The summed E-state index contributed by atoms with van der Waals surface area (Å²) in [6.45, 7) is 9.52. The van der Waals surface area contributed by atoms with Crippen LogP contribution in [0.15, 0.2) is 18.5 Å². The highest BCUT2D eigenvalue weighted by Gasteiger charge is 2.40. The molecule has 3 heterocycles. The number of aliphatic hydroxyl groups is 1. The Morgan fingerprint density at radius 3 is 2.91 bits per heavy atom. The van der Waals surface area contributed by atoms with Gasteiger partial charge in [-0.05, 0) is 33.3 Å². The van der Waals surface area contributed by atoms with Crippen LogP contribution in [-0.2, 0) is 18.6 Å². The highest BCUT2D eigenvalue weighted by molar-refractivity contribution is 5.11. The van der Waals surface area contributed by atoms with Crippen molar-refractivity contribution in [3.63, 3.8) is 0 Å². The zero-order valence-corrected chi connectivity index (χ0v) is 14.2. The lowest BCUT2D eigenvalue weighted by Crippen LogP contribution is -2.32. The van der Waals surface area contributed by atoms with E-state index in [0.717, 1.165) is 26.1 Å². The van der Waals surface area contributed by atoms with Crippen molar-refractivity contribution >= 4 is 0 Å². The molecular formula is C16H26N6O. The van der Waals surface area contributed by atoms with Crippen LogP contribution in [0.2, 0.25) is 0 Å². The SMILES string of the molecule is CCn1nccc1CCN1CC[C@](O)(c2cn(C(C)C)nn2)C1. The maximum absolute atomic E-state index is 10.9. The second-order valence-electron chi connectivity index (χ2n) is 6.62. The van der Waals surface area contributed by atoms with E-state index < -0.39 is 5.60 Å². The average Bonchev–Trinajstić information content (AvgIpc) is 3.24. The van der Waals surface area contributed by atoms with E-state index in [2.05, 4.69) is 47.1 Å². The summed E-state index contributed by atoms with van der Waals surface area (Å²) in [4.78, 5) is 2.29. The lowest BCUT2D eigenvalue weighted by atomic mass is 10.00. The molecule has 0 bridgehead atoms. The van der Waals surface area contributed by atoms with Crippen LogP contribution in [-0.4, -0.2) is 54.4 Å². The second-order valence-corrected chi connectivity index (χ2v) is 6.62. The molecular weight excluding hydrogens is 292 g/mol. The Morgan fingerprint density at radius 2 is 2.22 bits per heavy atom. The van der Waals surface area contributed by atoms with Gasteiger partial charge in [0.25, 0.3) is 0 Å². The van der Waals surface area contributed by atoms with Crippen molar-refractivity contribution in [1.82, 2.24) is 29.7 Å². The van der Waals surface area contributed by atoms with Gasteiger partial charge in [-0.1, -0.05) is 5.21 Å². The number of aromatic nitrogens is 5. The van der Waals surface area contributed by atoms with Crippen LogP contribution in [0.4, 0.5) is 0 Å². The molecule has 1 fully saturated rings. The Balaban J connectivity index is 1.60. The van der Waals surface area contributed by atoms with Gasteiger partial charge < -0.3 is 5.11 Å². The molecule has 0 amide bonds. The maximum Gasteiger partial charge on any atom is 0.124 e. The first-order valence-electron chi connectivity index (χ1n) is 8.39. The Bertz CT molecular complexity index is 649. The van der Waals surface area contributed by atoms with Crippen LogP contribution in [0, 0.1) is 0 Å². The van der Waals surface area contributed by atoms with Gasteiger partial charge in [0.1, 0.15) is 11.3 Å². The molecule has 0 radical (unpaired) electrons. The van der Waals surface area contributed by atoms with Crippen LogP contribution >= 0.6 is 0 Å². The lowest BCUT2D eigenvalue weighted by molar-refractivity contribution is 0.0417. The van der Waals surface area contributed by atoms with E-state index in [4.69, 9.17) is 0 Å². The molecule has 7 nitrogen and oxygen atoms in total. The minimum Gasteiger partial charge on any atom is -0.382 e. The molecule has 0 unspecified atom stereocenters. The van der Waals surface area contributed by atoms with Gasteiger partial charge in [-0.25, -0.2) is 4.68 Å². The first kappa shape index (κ1) is 16.1. The predicted molar refractivity (Wildman–Crippen MR) is 87.0 cm³/mol. The van der Waals surface area contributed by atoms with Crippen LogP contribution in [0.1, 0.15) is 44.6 Å². The third-order valence-electron chi connectivity index (χ3n) is 4.63. The summed E-state index contributed by atoms with van der Waals surface area (Å²) in [5, 5.41) is 23.5. The zero-order chi connectivity index (χ0) is 16.4. The van der Waals surface area contributed by atoms with Crippen molar-refractivity contribution in [2.24, 2.45) is 0 Å². The largest absolute Gasteiger partial charge is 0.382 e. The van der Waals surface area contributed by atoms with Gasteiger partial charge in [-0.2, -0.15) is 5.10 Å². The molecule has 7 heteroatoms. The molecule has 0 aromatic carbocycles. The van der Waals surface area contributed by atoms with Gasteiger partial charge in [0, 0.05) is 50.5 Å². The molecule has 1 atom stereocenters. The van der Waals surface area contributed by atoms with Crippen molar-refractivity contribution in [3.8, 4) is 0 Å². The third-order valence-corrected chi connectivity index (χ3v) is 4.63. The molecule has 2 aromatic rings. The lowest BCUT2D eigenvalue weighted by Gasteiger charge is -2.21. The van der Waals surface area contributed by atoms with Crippen molar-refractivity contribution in [2.45, 2.75) is 51.8 Å². The van der Waals surface area contributed by atoms with Crippen LogP contribution in [0.5, 0.6) is 0 Å². The molecule has 1 saturated heterocycles. The summed E-state index contributed by atoms with van der Waals surface area (Å²) in [6.07, 6.45) is 5.38. The highest BCUT2D eigenvalue weighted by Crippen LogP contribution is 2.30. The van der Waals surface area contributed by atoms with E-state index in [9.17, 15) is 5.11 Å². The molecule has 1 N–H and O–H groups in total. The summed E-state index contributed by atoms with van der Waals surface area (Å²) < 4.78 is 3.83. The number of likely N-dealkylation sites (tertiary alicyclic amines) is 1. The maximum atomic E-state index is 10.9. The van der Waals surface area contributed by atoms with Gasteiger partial charge in [0.05, 0.1) is 6.20 Å². The summed E-state index contributed by atoms with van der Waals surface area (Å²) in [5.41, 5.74) is 1.05. The second kappa shape index (κ2) is 6.41. The van der Waals surface area contributed by atoms with E-state index >= 15 is 0 Å². The van der Waals surface area contributed by atoms with E-state index in [0.29, 0.717) is 18.7 Å². The molecule has 0 saturated carbocycles. The van der Waals surface area contributed by atoms with Gasteiger partial charge in [-0.3, -0.25) is 9.58 Å². The van der Waals surface area contributed by atoms with E-state index in [1.165, 1.54) is 5.69 Å². The molecule has 1 aliphatic heterocycles. The number of hydrogen-bond donors (Lipinski definition) is 1. The van der Waals surface area contributed by atoms with Crippen LogP contribution in [0.25, 0.3) is 0 Å². The fourth-order valence-corrected chi connectivity index (χ4v) is 3.14. The standard InChI is InChI=1S/C16H26N6O/c1-4-21-14(5-8-17-21)6-9-20-10-7-16(23,12-20)15-11-22(13(2)3)19-18-15/h5,8,11,13,23H,4,6-7,9-10,12H2,1-3H3/t16-/m1/s1. The normalized spacial score (nSPS) is 22.3. The fourth-order valence-electron chi connectivity index (χ4n) is 3.14. The van der Waals surface area contributed by atoms with Gasteiger partial charge in [0.2, 0.25) is 0 Å². The number of nitrogens with zero attached hydrogens (tertiary/aromatic N) is 6. The predicted octanol–water partition coefficient (Wildman–Crippen LogP) is 1.21. The minimum absolute atomic E-state index is 0.256. The van der Waals surface area contributed by atoms with Crippen molar-refractivity contribution in [3.05, 3.63) is 29.8 Å². The summed E-state index contributed by atoms with van der Waals surface area (Å²) in [5.74, 6) is 0. The molecule has 0 aliphatic carbocycles. The Kier molecular flexibility index (Phi) is 4.50. The number of aryl methyl sites for hydroxylation is 1. The Morgan fingerprint density at radius 1 is 1.39 bits per heavy atom. The summed E-state index contributed by atoms with van der Waals surface area (Å²) >= 11 is 0. The fraction of sp³-hybridized carbons (Fsp3) is 0.688. The molecule has 1 aliphatic rings. The monoisotopic (exact) mass is 318 g/mol. The molecule has 23 heavy (non-hydrogen) atoms. The number of hydrogen-bond acceptors (Lipinski definition) is 5. The van der Waals surface area contributed by atoms with Crippen molar-refractivity contribution < 1.29 is 5.11 Å². The smallest absolute Gasteiger partial charge is 0.124 e. The molecule has 126 valence electrons. The van der Waals surface area contributed by atoms with E-state index in [1.807, 2.05) is 17.1 Å². The highest BCUT2D eigenvalue weighted by atomic mass is 16.3. The number of β-amino-alcohol motifs (C(OH)–C–C–N with tert-alkyl or cyclic N) is 1. The quantitative estimate of drug-likeness (QED) is 0.867. The third kappa shape index (κ3) is 3.30. The van der Waals surface area contributed by atoms with Gasteiger partial charge in [-0.15, -0.1) is 5.10 Å². The van der Waals surface area contributed by atoms with E-state index in [-0.39, 0.29) is 6.04 Å². The summed E-state index contributed by atoms with van der Waals surface area (Å²) in [7, 11) is 0. The van der Waals surface area contributed by atoms with E-state index in [1.54, 1.807) is 4.68 Å². The van der Waals surface area contributed by atoms with Crippen LogP contribution in [0.3, 0.4) is 0 Å². The van der Waals surface area contributed by atoms with Gasteiger partial charge >= 0.3 is 0 Å². The van der Waals surface area contributed by atoms with Crippen molar-refractivity contribution in [1.29, 1.82) is 0 Å². The first-order valence-corrected chi connectivity index (χ1v) is 8.39. The molecule has 0 spiro atoms. The average molecular weight is 318 g/mol. The minimum atomic E-state index is -0.877. The summed E-state index contributed by atoms with van der Waals surface area (Å²) in [6, 6.07) is 2.33.